The molecule has 4 N–H and O–H groups in total. The Morgan fingerprint density at radius 3 is 2.54 bits per heavy atom. The molecule has 5 rings (SSSR count). The second kappa shape index (κ2) is 9.68. The quantitative estimate of drug-likeness (QED) is 0.484. The summed E-state index contributed by atoms with van der Waals surface area (Å²) >= 11 is 0. The van der Waals surface area contributed by atoms with E-state index in [2.05, 4.69) is 25.6 Å². The lowest BCUT2D eigenvalue weighted by Gasteiger charge is -2.29. The molecule has 1 aliphatic heterocycles. The number of ether oxygens (including phenoxy) is 1. The van der Waals surface area contributed by atoms with E-state index in [9.17, 15) is 18.0 Å². The van der Waals surface area contributed by atoms with Crippen LogP contribution < -0.4 is 16.4 Å². The van der Waals surface area contributed by atoms with Crippen molar-refractivity contribution in [3.63, 3.8) is 0 Å². The number of nitrogens with two attached hydrogens (primary N) is 1. The molecular weight excluding hydrogens is 463 g/mol. The predicted octanol–water partition coefficient (Wildman–Crippen LogP) is 3.60. The van der Waals surface area contributed by atoms with Gasteiger partial charge in [0.2, 0.25) is 17.8 Å². The first-order valence-corrected chi connectivity index (χ1v) is 11.6. The molecule has 9 nitrogen and oxygen atoms in total. The van der Waals surface area contributed by atoms with Gasteiger partial charge in [0.25, 0.3) is 0 Å². The fourth-order valence-electron chi connectivity index (χ4n) is 4.77. The van der Waals surface area contributed by atoms with Crippen molar-refractivity contribution < 1.29 is 22.7 Å². The van der Waals surface area contributed by atoms with Crippen molar-refractivity contribution in [2.45, 2.75) is 50.4 Å². The van der Waals surface area contributed by atoms with Crippen molar-refractivity contribution in [1.82, 2.24) is 19.5 Å². The molecule has 3 aromatic rings. The molecule has 2 aromatic heterocycles. The first-order chi connectivity index (χ1) is 16.9. The number of benzene rings is 1. The number of nitrogens with one attached hydrogen (secondary N) is 2. The molecule has 1 amide bonds. The van der Waals surface area contributed by atoms with Gasteiger partial charge >= 0.3 is 0 Å². The molecule has 0 radical (unpaired) electrons. The predicted molar refractivity (Wildman–Crippen MR) is 123 cm³/mol. The third kappa shape index (κ3) is 4.75. The maximum Gasteiger partial charge on any atom is 0.225 e. The Morgan fingerprint density at radius 2 is 1.86 bits per heavy atom. The first kappa shape index (κ1) is 23.3. The lowest BCUT2D eigenvalue weighted by atomic mass is 9.85. The molecule has 1 aromatic carbocycles. The number of halogens is 3. The van der Waals surface area contributed by atoms with E-state index in [-0.39, 0.29) is 42.1 Å². The van der Waals surface area contributed by atoms with E-state index in [1.807, 2.05) is 0 Å². The second-order valence-electron chi connectivity index (χ2n) is 8.97. The number of fused-ring (bicyclic) bond motifs is 1. The van der Waals surface area contributed by atoms with E-state index in [1.165, 1.54) is 12.3 Å². The molecule has 35 heavy (non-hydrogen) atoms. The van der Waals surface area contributed by atoms with Crippen LogP contribution in [0.3, 0.4) is 0 Å². The fraction of sp³-hybridized carbons (Fsp3) is 0.478. The summed E-state index contributed by atoms with van der Waals surface area (Å²) in [6.07, 6.45) is 3.13. The fourth-order valence-corrected chi connectivity index (χ4v) is 4.77. The number of para-hydroxylation sites is 1. The molecule has 0 spiro atoms. The molecule has 0 unspecified atom stereocenters. The zero-order valence-electron chi connectivity index (χ0n) is 18.9. The number of rotatable bonds is 6. The van der Waals surface area contributed by atoms with Gasteiger partial charge in [-0.15, -0.1) is 0 Å². The third-order valence-corrected chi connectivity index (χ3v) is 6.70. The highest BCUT2D eigenvalue weighted by atomic mass is 19.1. The smallest absolute Gasteiger partial charge is 0.225 e. The van der Waals surface area contributed by atoms with Gasteiger partial charge in [0, 0.05) is 18.6 Å². The Morgan fingerprint density at radius 1 is 1.11 bits per heavy atom. The summed E-state index contributed by atoms with van der Waals surface area (Å²) in [6.45, 7) is 0.437. The van der Waals surface area contributed by atoms with Crippen molar-refractivity contribution in [3.05, 3.63) is 36.0 Å². The summed E-state index contributed by atoms with van der Waals surface area (Å²) in [5.74, 6) is -1.65. The van der Waals surface area contributed by atoms with Crippen LogP contribution in [-0.4, -0.2) is 50.9 Å². The molecule has 0 bridgehead atoms. The minimum absolute atomic E-state index is 0.00319. The number of carbonyl (C=O) groups excluding carboxylic acids is 1. The first-order valence-electron chi connectivity index (χ1n) is 11.6. The number of anilines is 3. The molecule has 1 aliphatic carbocycles. The number of alkyl halides is 1. The van der Waals surface area contributed by atoms with Crippen LogP contribution in [0.25, 0.3) is 11.2 Å². The van der Waals surface area contributed by atoms with E-state index in [0.29, 0.717) is 49.9 Å². The Labute approximate surface area is 199 Å². The average molecular weight is 490 g/mol. The van der Waals surface area contributed by atoms with Crippen LogP contribution in [0.15, 0.2) is 24.4 Å². The zero-order chi connectivity index (χ0) is 24.5. The van der Waals surface area contributed by atoms with Crippen molar-refractivity contribution in [3.8, 4) is 0 Å². The summed E-state index contributed by atoms with van der Waals surface area (Å²) in [5, 5.41) is 5.82. The summed E-state index contributed by atoms with van der Waals surface area (Å²) in [4.78, 5) is 25.0. The van der Waals surface area contributed by atoms with E-state index >= 15 is 0 Å². The topological polar surface area (TPSA) is 120 Å². The number of primary amides is 1. The van der Waals surface area contributed by atoms with Crippen molar-refractivity contribution in [2.75, 3.05) is 23.8 Å². The molecule has 2 aliphatic rings. The monoisotopic (exact) mass is 489 g/mol. The maximum absolute atomic E-state index is 14.4. The van der Waals surface area contributed by atoms with Crippen LogP contribution in [0, 0.1) is 17.6 Å². The molecule has 2 atom stereocenters. The summed E-state index contributed by atoms with van der Waals surface area (Å²) in [7, 11) is 0. The maximum atomic E-state index is 14.4. The van der Waals surface area contributed by atoms with E-state index < -0.39 is 23.8 Å². The molecule has 3 heterocycles. The van der Waals surface area contributed by atoms with Gasteiger partial charge in [-0.05, 0) is 44.2 Å². The highest BCUT2D eigenvalue weighted by molar-refractivity contribution is 5.78. The van der Waals surface area contributed by atoms with Gasteiger partial charge in [-0.3, -0.25) is 9.36 Å². The lowest BCUT2D eigenvalue weighted by Crippen LogP contribution is -2.39. The van der Waals surface area contributed by atoms with E-state index in [0.717, 1.165) is 12.1 Å². The van der Waals surface area contributed by atoms with Gasteiger partial charge in [0.15, 0.2) is 5.65 Å². The Bertz CT molecular complexity index is 1210. The number of carbonyl (C=O) groups is 1. The highest BCUT2D eigenvalue weighted by Gasteiger charge is 2.30. The van der Waals surface area contributed by atoms with Crippen LogP contribution in [0.4, 0.5) is 30.8 Å². The molecule has 1 saturated carbocycles. The third-order valence-electron chi connectivity index (χ3n) is 6.70. The van der Waals surface area contributed by atoms with Crippen LogP contribution in [0.2, 0.25) is 0 Å². The number of amides is 1. The average Bonchev–Trinajstić information content (AvgIpc) is 3.20. The van der Waals surface area contributed by atoms with Crippen LogP contribution in [0.1, 0.15) is 38.1 Å². The number of hydrogen-bond acceptors (Lipinski definition) is 7. The normalized spacial score (nSPS) is 24.9. The standard InChI is InChI=1S/C23H26F3N7O2/c24-14-2-1-3-15(25)19(14)31-23-30-18-10-28-22(29-17-8-9-35-11-16(17)26)32-21(18)33(23)13-6-4-12(5-7-13)20(27)34/h1-3,10,12-13,16-17H,4-9,11H2,(H2,27,34)(H,30,31)(H,28,29,32)/t12?,13?,16-,17+/m1/s1. The number of imidazole rings is 1. The molecule has 2 fully saturated rings. The minimum atomic E-state index is -1.20. The molecule has 12 heteroatoms. The van der Waals surface area contributed by atoms with Crippen LogP contribution in [0.5, 0.6) is 0 Å². The van der Waals surface area contributed by atoms with Crippen molar-refractivity contribution in [1.29, 1.82) is 0 Å². The van der Waals surface area contributed by atoms with Gasteiger partial charge in [-0.25, -0.2) is 23.1 Å². The van der Waals surface area contributed by atoms with Gasteiger partial charge in [-0.1, -0.05) is 6.07 Å². The van der Waals surface area contributed by atoms with Crippen LogP contribution in [-0.2, 0) is 9.53 Å². The largest absolute Gasteiger partial charge is 0.378 e. The highest BCUT2D eigenvalue weighted by Crippen LogP contribution is 2.37. The van der Waals surface area contributed by atoms with E-state index in [1.54, 1.807) is 4.57 Å². The Balaban J connectivity index is 1.52. The summed E-state index contributed by atoms with van der Waals surface area (Å²) in [6, 6.07) is 2.95. The number of hydrogen-bond donors (Lipinski definition) is 3. The van der Waals surface area contributed by atoms with E-state index in [4.69, 9.17) is 10.5 Å². The second-order valence-corrected chi connectivity index (χ2v) is 8.97. The summed E-state index contributed by atoms with van der Waals surface area (Å²) in [5.41, 5.74) is 6.00. The van der Waals surface area contributed by atoms with Gasteiger partial charge in [0.05, 0.1) is 18.8 Å². The van der Waals surface area contributed by atoms with Crippen molar-refractivity contribution in [2.24, 2.45) is 11.7 Å². The summed E-state index contributed by atoms with van der Waals surface area (Å²) < 4.78 is 50.0. The van der Waals surface area contributed by atoms with Gasteiger partial charge in [-0.2, -0.15) is 4.98 Å². The number of nitrogens with zero attached hydrogens (tertiary/aromatic N) is 4. The molecule has 186 valence electrons. The molecule has 1 saturated heterocycles. The minimum Gasteiger partial charge on any atom is -0.378 e. The lowest BCUT2D eigenvalue weighted by molar-refractivity contribution is -0.122. The van der Waals surface area contributed by atoms with Gasteiger partial charge in [0.1, 0.15) is 29.0 Å². The SMILES string of the molecule is NC(=O)C1CCC(n2c(Nc3c(F)cccc3F)nc3cnc(N[C@H]4CCOC[C@H]4F)nc32)CC1. The Kier molecular flexibility index (Phi) is 6.46. The van der Waals surface area contributed by atoms with Crippen molar-refractivity contribution >= 4 is 34.7 Å². The van der Waals surface area contributed by atoms with Gasteiger partial charge < -0.3 is 21.1 Å². The molecular formula is C23H26F3N7O2. The van der Waals surface area contributed by atoms with Crippen LogP contribution >= 0.6 is 0 Å². The zero-order valence-corrected chi connectivity index (χ0v) is 18.9. The Hall–Kier alpha value is -3.41. The number of aromatic nitrogens is 4.